The molecule has 5 rings (SSSR count). The van der Waals surface area contributed by atoms with E-state index in [1.165, 1.54) is 19.1 Å². The molecule has 0 saturated heterocycles. The molecule has 0 fully saturated rings. The van der Waals surface area contributed by atoms with Gasteiger partial charge in [0.05, 0.1) is 28.9 Å². The lowest BCUT2D eigenvalue weighted by Crippen LogP contribution is -2.45. The number of carbonyl (C=O) groups is 1. The van der Waals surface area contributed by atoms with Gasteiger partial charge in [-0.25, -0.2) is 14.2 Å². The second-order valence-corrected chi connectivity index (χ2v) is 7.93. The van der Waals surface area contributed by atoms with Gasteiger partial charge in [0.25, 0.3) is 5.56 Å². The van der Waals surface area contributed by atoms with Crippen LogP contribution in [0.3, 0.4) is 0 Å². The third-order valence-corrected chi connectivity index (χ3v) is 6.00. The first-order valence-electron chi connectivity index (χ1n) is 10.1. The topological polar surface area (TPSA) is 111 Å². The lowest BCUT2D eigenvalue weighted by atomic mass is 9.85. The quantitative estimate of drug-likeness (QED) is 0.449. The molecule has 3 aromatic rings. The summed E-state index contributed by atoms with van der Waals surface area (Å²) in [5.74, 6) is -1.91. The van der Waals surface area contributed by atoms with E-state index in [-0.39, 0.29) is 35.7 Å². The molecule has 2 N–H and O–H groups in total. The number of fused-ring (bicyclic) bond motifs is 5. The molecule has 0 radical (unpaired) electrons. The Labute approximate surface area is 183 Å². The first-order valence-corrected chi connectivity index (χ1v) is 10.1. The highest BCUT2D eigenvalue weighted by Gasteiger charge is 2.50. The third kappa shape index (κ3) is 2.92. The molecule has 33 heavy (non-hydrogen) atoms. The number of esters is 1. The van der Waals surface area contributed by atoms with E-state index in [0.29, 0.717) is 16.5 Å². The number of phenols is 1. The van der Waals surface area contributed by atoms with Crippen LogP contribution in [0.2, 0.25) is 0 Å². The Kier molecular flexibility index (Phi) is 4.47. The van der Waals surface area contributed by atoms with E-state index >= 15 is 0 Å². The molecule has 0 unspecified atom stereocenters. The number of cyclic esters (lactones) is 1. The molecule has 172 valence electrons. The van der Waals surface area contributed by atoms with E-state index in [0.717, 1.165) is 4.57 Å². The minimum atomic E-state index is -4.31. The van der Waals surface area contributed by atoms with Crippen molar-refractivity contribution in [2.45, 2.75) is 38.2 Å². The molecular formula is C22H17F3N2O6. The van der Waals surface area contributed by atoms with Gasteiger partial charge in [0.15, 0.2) is 18.0 Å². The molecule has 11 heteroatoms. The van der Waals surface area contributed by atoms with Crippen LogP contribution in [0.4, 0.5) is 13.2 Å². The predicted molar refractivity (Wildman–Crippen MR) is 108 cm³/mol. The van der Waals surface area contributed by atoms with Gasteiger partial charge < -0.3 is 19.7 Å². The van der Waals surface area contributed by atoms with E-state index in [9.17, 15) is 33.0 Å². The van der Waals surface area contributed by atoms with Crippen molar-refractivity contribution in [2.75, 3.05) is 6.67 Å². The molecule has 1 aromatic carbocycles. The summed E-state index contributed by atoms with van der Waals surface area (Å²) in [6, 6.07) is 6.12. The van der Waals surface area contributed by atoms with Crippen LogP contribution in [-0.2, 0) is 28.3 Å². The highest BCUT2D eigenvalue weighted by molar-refractivity contribution is 5.91. The predicted octanol–water partition coefficient (Wildman–Crippen LogP) is 2.73. The number of phenolic OH excluding ortho intramolecular Hbond substituents is 1. The highest BCUT2D eigenvalue weighted by atomic mass is 19.3. The van der Waals surface area contributed by atoms with Gasteiger partial charge in [0.1, 0.15) is 18.1 Å². The maximum Gasteiger partial charge on any atom is 0.427 e. The Hall–Kier alpha value is -3.60. The van der Waals surface area contributed by atoms with Gasteiger partial charge >= 0.3 is 12.1 Å². The average Bonchev–Trinajstić information content (AvgIpc) is 3.16. The molecule has 0 aliphatic carbocycles. The summed E-state index contributed by atoms with van der Waals surface area (Å²) in [6.45, 7) is -1.45. The van der Waals surface area contributed by atoms with Crippen molar-refractivity contribution in [3.63, 3.8) is 0 Å². The number of pyridine rings is 2. The molecule has 0 amide bonds. The van der Waals surface area contributed by atoms with Crippen molar-refractivity contribution in [3.8, 4) is 22.9 Å². The Bertz CT molecular complexity index is 1400. The van der Waals surface area contributed by atoms with Gasteiger partial charge in [-0.15, -0.1) is 0 Å². The molecule has 2 aliphatic heterocycles. The number of hydrogen-bond acceptors (Lipinski definition) is 7. The molecule has 8 nitrogen and oxygen atoms in total. The third-order valence-electron chi connectivity index (χ3n) is 6.00. The summed E-state index contributed by atoms with van der Waals surface area (Å²) in [7, 11) is 0. The molecule has 4 heterocycles. The fourth-order valence-corrected chi connectivity index (χ4v) is 4.38. The summed E-state index contributed by atoms with van der Waals surface area (Å²) in [4.78, 5) is 30.1. The normalized spacial score (nSPS) is 19.1. The highest BCUT2D eigenvalue weighted by Crippen LogP contribution is 2.48. The van der Waals surface area contributed by atoms with E-state index in [4.69, 9.17) is 9.47 Å². The van der Waals surface area contributed by atoms with Gasteiger partial charge in [0, 0.05) is 10.9 Å². The molecule has 0 bridgehead atoms. The minimum absolute atomic E-state index is 0.0646. The van der Waals surface area contributed by atoms with Crippen LogP contribution in [0.1, 0.15) is 30.0 Å². The van der Waals surface area contributed by atoms with Crippen LogP contribution < -0.4 is 10.3 Å². The zero-order chi connectivity index (χ0) is 23.7. The molecule has 0 saturated carbocycles. The zero-order valence-corrected chi connectivity index (χ0v) is 17.2. The number of rotatable bonds is 4. The second kappa shape index (κ2) is 6.95. The lowest BCUT2D eigenvalue weighted by Gasteiger charge is -2.34. The van der Waals surface area contributed by atoms with Crippen LogP contribution in [0.15, 0.2) is 29.1 Å². The molecular weight excluding hydrogens is 445 g/mol. The Morgan fingerprint density at radius 1 is 1.33 bits per heavy atom. The van der Waals surface area contributed by atoms with E-state index in [2.05, 4.69) is 4.98 Å². The summed E-state index contributed by atoms with van der Waals surface area (Å²) in [6.07, 6.45) is -4.62. The van der Waals surface area contributed by atoms with Gasteiger partial charge in [-0.1, -0.05) is 13.0 Å². The van der Waals surface area contributed by atoms with E-state index in [1.54, 1.807) is 12.1 Å². The van der Waals surface area contributed by atoms with Crippen LogP contribution >= 0.6 is 0 Å². The van der Waals surface area contributed by atoms with E-state index in [1.807, 2.05) is 0 Å². The number of nitrogens with zero attached hydrogens (tertiary/aromatic N) is 2. The number of hydrogen-bond donors (Lipinski definition) is 2. The first kappa shape index (κ1) is 21.3. The van der Waals surface area contributed by atoms with Crippen molar-refractivity contribution >= 4 is 16.9 Å². The molecule has 1 atom stereocenters. The smallest absolute Gasteiger partial charge is 0.427 e. The fraction of sp³-hybridized carbons (Fsp3) is 0.318. The number of benzene rings is 1. The second-order valence-electron chi connectivity index (χ2n) is 7.93. The number of carbonyl (C=O) groups excluding carboxylic acids is 1. The monoisotopic (exact) mass is 462 g/mol. The van der Waals surface area contributed by atoms with Crippen molar-refractivity contribution in [1.82, 2.24) is 9.55 Å². The Balaban J connectivity index is 1.90. The van der Waals surface area contributed by atoms with Crippen molar-refractivity contribution in [3.05, 3.63) is 51.3 Å². The largest absolute Gasteiger partial charge is 0.507 e. The van der Waals surface area contributed by atoms with Crippen molar-refractivity contribution < 1.29 is 37.7 Å². The fourth-order valence-electron chi connectivity index (χ4n) is 4.38. The number of aliphatic hydroxyl groups is 1. The van der Waals surface area contributed by atoms with Gasteiger partial charge in [0.2, 0.25) is 0 Å². The number of aromatic nitrogens is 2. The maximum atomic E-state index is 14.2. The number of alkyl halides is 3. The summed E-state index contributed by atoms with van der Waals surface area (Å²) in [5.41, 5.74) is -3.29. The maximum absolute atomic E-state index is 14.2. The Morgan fingerprint density at radius 3 is 2.79 bits per heavy atom. The Morgan fingerprint density at radius 2 is 2.09 bits per heavy atom. The standard InChI is InChI=1S/C22H17F3N2O6/c1-2-21(31)15-12(8-32-20(21)30)19(29)27-7-10-6-11-13(4-3-5-14(11)28)26-16(10)17(27)18(15)33-22(24,25)9-23/h3-6,28,31H,2,7-9H2,1H3/t21-/m0/s1. The minimum Gasteiger partial charge on any atom is -0.507 e. The first-order chi connectivity index (χ1) is 15.6. The molecule has 0 spiro atoms. The summed E-state index contributed by atoms with van der Waals surface area (Å²) < 4.78 is 52.2. The van der Waals surface area contributed by atoms with Crippen LogP contribution in [0, 0.1) is 0 Å². The lowest BCUT2D eigenvalue weighted by molar-refractivity contribution is -0.190. The van der Waals surface area contributed by atoms with Gasteiger partial charge in [-0.05, 0) is 24.6 Å². The average molecular weight is 462 g/mol. The van der Waals surface area contributed by atoms with Crippen molar-refractivity contribution in [2.24, 2.45) is 0 Å². The summed E-state index contributed by atoms with van der Waals surface area (Å²) in [5, 5.41) is 21.6. The number of aromatic hydroxyl groups is 1. The SMILES string of the molecule is CC[C@@]1(O)C(=O)OCc2c1c(OC(F)(F)CF)c1n(c2=O)Cc2cc3c(O)cccc3nc2-1. The number of ether oxygens (including phenoxy) is 2. The van der Waals surface area contributed by atoms with Gasteiger partial charge in [-0.2, -0.15) is 8.78 Å². The van der Waals surface area contributed by atoms with Gasteiger partial charge in [-0.3, -0.25) is 9.36 Å². The van der Waals surface area contributed by atoms with Crippen LogP contribution in [-0.4, -0.2) is 38.5 Å². The molecule has 2 aromatic heterocycles. The van der Waals surface area contributed by atoms with Crippen LogP contribution in [0.25, 0.3) is 22.3 Å². The van der Waals surface area contributed by atoms with E-state index < -0.39 is 47.8 Å². The van der Waals surface area contributed by atoms with Crippen LogP contribution in [0.5, 0.6) is 11.5 Å². The summed E-state index contributed by atoms with van der Waals surface area (Å²) >= 11 is 0. The van der Waals surface area contributed by atoms with Crippen molar-refractivity contribution in [1.29, 1.82) is 0 Å². The molecule has 2 aliphatic rings. The number of halogens is 3. The zero-order valence-electron chi connectivity index (χ0n) is 17.2.